The normalized spacial score (nSPS) is 15.6. The molecule has 0 radical (unpaired) electrons. The second kappa shape index (κ2) is 7.34. The summed E-state index contributed by atoms with van der Waals surface area (Å²) < 4.78 is 86.3. The molecule has 7 aromatic rings. The molecule has 0 aliphatic carbocycles. The minimum absolute atomic E-state index is 0.00856. The summed E-state index contributed by atoms with van der Waals surface area (Å²) in [6, 6.07) is 19.8. The third-order valence-corrected chi connectivity index (χ3v) is 6.74. The highest BCUT2D eigenvalue weighted by Crippen LogP contribution is 2.48. The number of hydrogen-bond acceptors (Lipinski definition) is 1. The summed E-state index contributed by atoms with van der Waals surface area (Å²) in [7, 11) is 0. The number of fused-ring (bicyclic) bond motifs is 5. The lowest BCUT2D eigenvalue weighted by atomic mass is 9.90. The van der Waals surface area contributed by atoms with Gasteiger partial charge in [-0.15, -0.1) is 0 Å². The Morgan fingerprint density at radius 1 is 0.556 bits per heavy atom. The van der Waals surface area contributed by atoms with E-state index in [9.17, 15) is 0 Å². The molecule has 1 aliphatic rings. The first-order valence-corrected chi connectivity index (χ1v) is 11.6. The molecule has 168 valence electrons. The van der Waals surface area contributed by atoms with E-state index in [0.29, 0.717) is 5.56 Å². The Hall–Kier alpha value is -4.82. The van der Waals surface area contributed by atoms with Crippen molar-refractivity contribution in [1.82, 2.24) is 4.57 Å². The molecular formula is C34H21NO. The highest BCUT2D eigenvalue weighted by Gasteiger charge is 2.21. The van der Waals surface area contributed by atoms with Crippen molar-refractivity contribution in [3.63, 3.8) is 0 Å². The minimum atomic E-state index is -0.537. The Balaban J connectivity index is 1.51. The van der Waals surface area contributed by atoms with Gasteiger partial charge in [0.05, 0.1) is 23.4 Å². The van der Waals surface area contributed by atoms with Crippen LogP contribution in [-0.4, -0.2) is 4.57 Å². The number of benzene rings is 6. The zero-order chi connectivity index (χ0) is 31.5. The molecule has 6 aromatic carbocycles. The van der Waals surface area contributed by atoms with Crippen molar-refractivity contribution in [2.45, 2.75) is 0 Å². The Morgan fingerprint density at radius 3 is 2.31 bits per heavy atom. The molecular weight excluding hydrogens is 438 g/mol. The number of rotatable bonds is 2. The van der Waals surface area contributed by atoms with E-state index >= 15 is 0 Å². The van der Waals surface area contributed by atoms with Crippen LogP contribution in [-0.2, 0) is 0 Å². The second-order valence-corrected chi connectivity index (χ2v) is 8.68. The van der Waals surface area contributed by atoms with Gasteiger partial charge in [-0.1, -0.05) is 84.8 Å². The third kappa shape index (κ3) is 2.67. The van der Waals surface area contributed by atoms with Gasteiger partial charge < -0.3 is 9.30 Å². The standard InChI is InChI=1S/C34H21NO/c1-2-9-23(10-3-1)35-30-15-6-4-11-25(30)29-21-22(17-19-31(29)35)24-18-20-33-34-27(24)13-8-14-28(34)26-12-5-7-16-32(26)36-33/h1-21H/i5D,7D,8D,12D,13D,14D,16D,18D,20D. The van der Waals surface area contributed by atoms with E-state index in [4.69, 9.17) is 17.1 Å². The van der Waals surface area contributed by atoms with E-state index in [0.717, 1.165) is 27.5 Å². The predicted molar refractivity (Wildman–Crippen MR) is 149 cm³/mol. The van der Waals surface area contributed by atoms with Crippen molar-refractivity contribution in [2.75, 3.05) is 0 Å². The summed E-state index contributed by atoms with van der Waals surface area (Å²) in [6.07, 6.45) is 0. The molecule has 1 aliphatic heterocycles. The molecule has 0 saturated heterocycles. The van der Waals surface area contributed by atoms with Crippen molar-refractivity contribution < 1.29 is 17.1 Å². The van der Waals surface area contributed by atoms with E-state index in [-0.39, 0.29) is 57.1 Å². The Kier molecular flexibility index (Phi) is 2.60. The van der Waals surface area contributed by atoms with Crippen molar-refractivity contribution in [3.05, 3.63) is 127 Å². The molecule has 0 saturated carbocycles. The van der Waals surface area contributed by atoms with Crippen LogP contribution < -0.4 is 4.74 Å². The predicted octanol–water partition coefficient (Wildman–Crippen LogP) is 9.38. The Morgan fingerprint density at radius 2 is 1.36 bits per heavy atom. The molecule has 1 aromatic heterocycles. The molecule has 0 fully saturated rings. The van der Waals surface area contributed by atoms with Gasteiger partial charge in [-0.25, -0.2) is 0 Å². The summed E-state index contributed by atoms with van der Waals surface area (Å²) in [6.45, 7) is 0. The highest BCUT2D eigenvalue weighted by molar-refractivity contribution is 6.13. The van der Waals surface area contributed by atoms with Gasteiger partial charge in [0.2, 0.25) is 0 Å². The molecule has 2 heterocycles. The first-order valence-electron chi connectivity index (χ1n) is 16.1. The van der Waals surface area contributed by atoms with Gasteiger partial charge in [-0.2, -0.15) is 0 Å². The fourth-order valence-electron chi connectivity index (χ4n) is 5.18. The first kappa shape index (κ1) is 12.8. The maximum atomic E-state index is 9.13. The Labute approximate surface area is 221 Å². The minimum Gasteiger partial charge on any atom is -0.456 e. The fraction of sp³-hybridized carbons (Fsp3) is 0. The average molecular weight is 469 g/mol. The van der Waals surface area contributed by atoms with Crippen molar-refractivity contribution in [2.24, 2.45) is 0 Å². The summed E-state index contributed by atoms with van der Waals surface area (Å²) in [4.78, 5) is 0. The third-order valence-electron chi connectivity index (χ3n) is 6.74. The summed E-state index contributed by atoms with van der Waals surface area (Å²) in [5, 5.41) is 2.08. The van der Waals surface area contributed by atoms with Gasteiger partial charge >= 0.3 is 0 Å². The number of aromatic nitrogens is 1. The lowest BCUT2D eigenvalue weighted by Crippen LogP contribution is -1.97. The van der Waals surface area contributed by atoms with E-state index in [1.54, 1.807) is 0 Å². The molecule has 0 unspecified atom stereocenters. The fourth-order valence-corrected chi connectivity index (χ4v) is 5.18. The lowest BCUT2D eigenvalue weighted by Gasteiger charge is -2.22. The highest BCUT2D eigenvalue weighted by atomic mass is 16.5. The molecule has 8 rings (SSSR count). The molecule has 0 atom stereocenters. The number of nitrogens with zero attached hydrogens (tertiary/aromatic N) is 1. The van der Waals surface area contributed by atoms with E-state index in [1.165, 1.54) is 0 Å². The van der Waals surface area contributed by atoms with Gasteiger partial charge in [-0.05, 0) is 64.5 Å². The molecule has 0 bridgehead atoms. The largest absolute Gasteiger partial charge is 0.456 e. The van der Waals surface area contributed by atoms with Crippen LogP contribution in [0.4, 0.5) is 0 Å². The monoisotopic (exact) mass is 468 g/mol. The second-order valence-electron chi connectivity index (χ2n) is 8.68. The average Bonchev–Trinajstić information content (AvgIpc) is 3.39. The summed E-state index contributed by atoms with van der Waals surface area (Å²) >= 11 is 0. The molecule has 2 heteroatoms. The first-order chi connectivity index (χ1) is 21.6. The van der Waals surface area contributed by atoms with Crippen molar-refractivity contribution in [1.29, 1.82) is 0 Å². The van der Waals surface area contributed by atoms with Gasteiger partial charge in [0.15, 0.2) is 0 Å². The van der Waals surface area contributed by atoms with Crippen LogP contribution in [0.5, 0.6) is 11.5 Å². The quantitative estimate of drug-likeness (QED) is 0.246. The van der Waals surface area contributed by atoms with Crippen LogP contribution in [0.15, 0.2) is 127 Å². The van der Waals surface area contributed by atoms with Crippen LogP contribution in [0.2, 0.25) is 0 Å². The van der Waals surface area contributed by atoms with Gasteiger partial charge in [0, 0.05) is 27.4 Å². The topological polar surface area (TPSA) is 14.2 Å². The molecule has 0 amide bonds. The molecule has 0 N–H and O–H groups in total. The number of para-hydroxylation sites is 3. The number of hydrogen-bond donors (Lipinski definition) is 0. The van der Waals surface area contributed by atoms with E-state index < -0.39 is 36.3 Å². The van der Waals surface area contributed by atoms with Crippen LogP contribution in [0, 0.1) is 0 Å². The molecule has 2 nitrogen and oxygen atoms in total. The summed E-state index contributed by atoms with van der Waals surface area (Å²) in [5.41, 5.74) is 3.51. The SMILES string of the molecule is [2H]c1c([2H])c([2H])c2c(c1[2H])Oc1c([2H])c([2H])c(-c3ccc4c(c3)c3ccccc3n4-c3ccccc3)c3c([2H])c([2H])c([2H])c-2c13. The number of ether oxygens (including phenoxy) is 1. The Bertz CT molecular complexity index is 2450. The van der Waals surface area contributed by atoms with Crippen LogP contribution in [0.1, 0.15) is 12.3 Å². The van der Waals surface area contributed by atoms with E-state index in [2.05, 4.69) is 4.57 Å². The summed E-state index contributed by atoms with van der Waals surface area (Å²) in [5.74, 6) is -0.439. The van der Waals surface area contributed by atoms with Crippen LogP contribution >= 0.6 is 0 Å². The van der Waals surface area contributed by atoms with E-state index in [1.807, 2.05) is 72.8 Å². The molecule has 0 spiro atoms. The van der Waals surface area contributed by atoms with Gasteiger partial charge in [0.1, 0.15) is 11.5 Å². The zero-order valence-electron chi connectivity index (χ0n) is 27.8. The molecule has 36 heavy (non-hydrogen) atoms. The van der Waals surface area contributed by atoms with Crippen LogP contribution in [0.3, 0.4) is 0 Å². The van der Waals surface area contributed by atoms with Crippen LogP contribution in [0.25, 0.3) is 60.5 Å². The maximum Gasteiger partial charge on any atom is 0.135 e. The smallest absolute Gasteiger partial charge is 0.135 e. The maximum absolute atomic E-state index is 9.13. The van der Waals surface area contributed by atoms with Crippen molar-refractivity contribution in [3.8, 4) is 39.4 Å². The van der Waals surface area contributed by atoms with Gasteiger partial charge in [0.25, 0.3) is 0 Å². The zero-order valence-corrected chi connectivity index (χ0v) is 18.8. The van der Waals surface area contributed by atoms with Gasteiger partial charge in [-0.3, -0.25) is 0 Å². The lowest BCUT2D eigenvalue weighted by molar-refractivity contribution is 0.487. The van der Waals surface area contributed by atoms with Crippen molar-refractivity contribution >= 4 is 32.6 Å².